The van der Waals surface area contributed by atoms with Crippen LogP contribution in [0, 0.1) is 0 Å². The van der Waals surface area contributed by atoms with E-state index in [0.717, 1.165) is 5.56 Å². The second kappa shape index (κ2) is 4.18. The third-order valence-electron chi connectivity index (χ3n) is 1.45. The summed E-state index contributed by atoms with van der Waals surface area (Å²) >= 11 is 17.4. The first-order valence-corrected chi connectivity index (χ1v) is 4.53. The standard InChI is InChI=1S/C9H7Cl3/c1-2-3-6-4-8(11)9(12)5-7(6)10/h2,4-5H,1,3H2. The van der Waals surface area contributed by atoms with Crippen molar-refractivity contribution in [1.82, 2.24) is 0 Å². The summed E-state index contributed by atoms with van der Waals surface area (Å²) in [6.07, 6.45) is 2.47. The molecule has 0 bridgehead atoms. The van der Waals surface area contributed by atoms with Gasteiger partial charge < -0.3 is 0 Å². The topological polar surface area (TPSA) is 0 Å². The molecule has 0 aliphatic carbocycles. The number of halogens is 3. The summed E-state index contributed by atoms with van der Waals surface area (Å²) in [7, 11) is 0. The van der Waals surface area contributed by atoms with Crippen LogP contribution >= 0.6 is 34.8 Å². The highest BCUT2D eigenvalue weighted by molar-refractivity contribution is 6.43. The second-order valence-corrected chi connectivity index (χ2v) is 3.57. The van der Waals surface area contributed by atoms with Crippen molar-refractivity contribution in [2.24, 2.45) is 0 Å². The molecule has 64 valence electrons. The maximum absolute atomic E-state index is 5.89. The first-order valence-electron chi connectivity index (χ1n) is 3.39. The van der Waals surface area contributed by atoms with Gasteiger partial charge in [0.1, 0.15) is 0 Å². The van der Waals surface area contributed by atoms with Gasteiger partial charge in [-0.3, -0.25) is 0 Å². The molecule has 0 nitrogen and oxygen atoms in total. The third kappa shape index (κ3) is 2.16. The Kier molecular flexibility index (Phi) is 3.45. The van der Waals surface area contributed by atoms with Crippen LogP contribution in [0.5, 0.6) is 0 Å². The lowest BCUT2D eigenvalue weighted by atomic mass is 10.1. The fourth-order valence-electron chi connectivity index (χ4n) is 0.876. The predicted molar refractivity (Wildman–Crippen MR) is 55.4 cm³/mol. The molecule has 0 atom stereocenters. The molecule has 1 aromatic carbocycles. The Hall–Kier alpha value is -0.170. The van der Waals surface area contributed by atoms with Crippen molar-refractivity contribution in [1.29, 1.82) is 0 Å². The first kappa shape index (κ1) is 9.91. The quantitative estimate of drug-likeness (QED) is 0.514. The van der Waals surface area contributed by atoms with Gasteiger partial charge >= 0.3 is 0 Å². The summed E-state index contributed by atoms with van der Waals surface area (Å²) in [6.45, 7) is 3.61. The van der Waals surface area contributed by atoms with E-state index in [4.69, 9.17) is 34.8 Å². The van der Waals surface area contributed by atoms with E-state index in [0.29, 0.717) is 21.5 Å². The van der Waals surface area contributed by atoms with Crippen molar-refractivity contribution < 1.29 is 0 Å². The van der Waals surface area contributed by atoms with E-state index >= 15 is 0 Å². The normalized spacial score (nSPS) is 9.92. The van der Waals surface area contributed by atoms with Crippen LogP contribution in [-0.4, -0.2) is 0 Å². The third-order valence-corrected chi connectivity index (χ3v) is 2.53. The molecule has 1 aromatic rings. The monoisotopic (exact) mass is 220 g/mol. The molecular formula is C9H7Cl3. The van der Waals surface area contributed by atoms with Gasteiger partial charge in [0.25, 0.3) is 0 Å². The molecule has 0 unspecified atom stereocenters. The fraction of sp³-hybridized carbons (Fsp3) is 0.111. The molecule has 0 fully saturated rings. The molecule has 0 amide bonds. The second-order valence-electron chi connectivity index (χ2n) is 2.35. The number of allylic oxidation sites excluding steroid dienone is 1. The molecule has 0 saturated heterocycles. The molecule has 0 radical (unpaired) electrons. The Balaban J connectivity index is 3.13. The molecule has 0 heterocycles. The van der Waals surface area contributed by atoms with Gasteiger partial charge in [-0.25, -0.2) is 0 Å². The lowest BCUT2D eigenvalue weighted by molar-refractivity contribution is 1.28. The molecule has 0 aliphatic rings. The first-order chi connectivity index (χ1) is 5.65. The lowest BCUT2D eigenvalue weighted by Gasteiger charge is -2.02. The Morgan fingerprint density at radius 3 is 2.25 bits per heavy atom. The molecule has 3 heteroatoms. The van der Waals surface area contributed by atoms with Gasteiger partial charge in [0.05, 0.1) is 10.0 Å². The molecule has 0 N–H and O–H groups in total. The van der Waals surface area contributed by atoms with Crippen LogP contribution in [0.4, 0.5) is 0 Å². The van der Waals surface area contributed by atoms with E-state index in [1.54, 1.807) is 18.2 Å². The van der Waals surface area contributed by atoms with E-state index in [1.165, 1.54) is 0 Å². The van der Waals surface area contributed by atoms with Gasteiger partial charge in [0.15, 0.2) is 0 Å². The van der Waals surface area contributed by atoms with Gasteiger partial charge in [-0.05, 0) is 24.1 Å². The SMILES string of the molecule is C=CCc1cc(Cl)c(Cl)cc1Cl. The van der Waals surface area contributed by atoms with Gasteiger partial charge in [0.2, 0.25) is 0 Å². The van der Waals surface area contributed by atoms with Crippen LogP contribution in [0.2, 0.25) is 15.1 Å². The van der Waals surface area contributed by atoms with Crippen LogP contribution in [0.25, 0.3) is 0 Å². The number of benzene rings is 1. The van der Waals surface area contributed by atoms with Crippen molar-refractivity contribution >= 4 is 34.8 Å². The zero-order valence-electron chi connectivity index (χ0n) is 6.28. The summed E-state index contributed by atoms with van der Waals surface area (Å²) in [5, 5.41) is 1.64. The molecular weight excluding hydrogens is 214 g/mol. The Bertz CT molecular complexity index is 305. The highest BCUT2D eigenvalue weighted by Gasteiger charge is 2.03. The molecule has 12 heavy (non-hydrogen) atoms. The predicted octanol–water partition coefficient (Wildman–Crippen LogP) is 4.38. The van der Waals surface area contributed by atoms with Crippen molar-refractivity contribution in [2.45, 2.75) is 6.42 Å². The Morgan fingerprint density at radius 2 is 1.67 bits per heavy atom. The highest BCUT2D eigenvalue weighted by Crippen LogP contribution is 2.29. The van der Waals surface area contributed by atoms with Crippen LogP contribution in [0.1, 0.15) is 5.56 Å². The maximum Gasteiger partial charge on any atom is 0.0607 e. The Morgan fingerprint density at radius 1 is 1.08 bits per heavy atom. The molecule has 1 rings (SSSR count). The van der Waals surface area contributed by atoms with Crippen LogP contribution < -0.4 is 0 Å². The Labute approximate surface area is 86.7 Å². The van der Waals surface area contributed by atoms with Gasteiger partial charge in [-0.1, -0.05) is 40.9 Å². The van der Waals surface area contributed by atoms with E-state index < -0.39 is 0 Å². The van der Waals surface area contributed by atoms with Crippen molar-refractivity contribution in [3.8, 4) is 0 Å². The van der Waals surface area contributed by atoms with Crippen LogP contribution in [-0.2, 0) is 6.42 Å². The van der Waals surface area contributed by atoms with E-state index in [2.05, 4.69) is 6.58 Å². The van der Waals surface area contributed by atoms with Gasteiger partial charge in [-0.2, -0.15) is 0 Å². The molecule has 0 aliphatic heterocycles. The number of hydrogen-bond donors (Lipinski definition) is 0. The maximum atomic E-state index is 5.89. The molecule has 0 spiro atoms. The number of rotatable bonds is 2. The lowest BCUT2D eigenvalue weighted by Crippen LogP contribution is -1.83. The summed E-state index contributed by atoms with van der Waals surface area (Å²) in [5.41, 5.74) is 0.945. The van der Waals surface area contributed by atoms with Crippen molar-refractivity contribution in [3.63, 3.8) is 0 Å². The summed E-state index contributed by atoms with van der Waals surface area (Å²) in [6, 6.07) is 3.40. The van der Waals surface area contributed by atoms with Gasteiger partial charge in [-0.15, -0.1) is 6.58 Å². The largest absolute Gasteiger partial charge is 0.103 e. The van der Waals surface area contributed by atoms with E-state index in [9.17, 15) is 0 Å². The van der Waals surface area contributed by atoms with Gasteiger partial charge in [0, 0.05) is 5.02 Å². The minimum atomic E-state index is 0.481. The minimum absolute atomic E-state index is 0.481. The molecule has 0 saturated carbocycles. The van der Waals surface area contributed by atoms with E-state index in [-0.39, 0.29) is 0 Å². The van der Waals surface area contributed by atoms with Crippen molar-refractivity contribution in [2.75, 3.05) is 0 Å². The average molecular weight is 222 g/mol. The summed E-state index contributed by atoms with van der Waals surface area (Å²) < 4.78 is 0. The highest BCUT2D eigenvalue weighted by atomic mass is 35.5. The summed E-state index contributed by atoms with van der Waals surface area (Å²) in [4.78, 5) is 0. The molecule has 0 aromatic heterocycles. The minimum Gasteiger partial charge on any atom is -0.103 e. The average Bonchev–Trinajstić information content (AvgIpc) is 2.01. The summed E-state index contributed by atoms with van der Waals surface area (Å²) in [5.74, 6) is 0. The smallest absolute Gasteiger partial charge is 0.0607 e. The zero-order valence-corrected chi connectivity index (χ0v) is 8.55. The van der Waals surface area contributed by atoms with Crippen LogP contribution in [0.3, 0.4) is 0 Å². The number of hydrogen-bond acceptors (Lipinski definition) is 0. The van der Waals surface area contributed by atoms with Crippen LogP contribution in [0.15, 0.2) is 24.8 Å². The van der Waals surface area contributed by atoms with E-state index in [1.807, 2.05) is 0 Å². The zero-order chi connectivity index (χ0) is 9.14. The fourth-order valence-corrected chi connectivity index (χ4v) is 1.52. The van der Waals surface area contributed by atoms with Crippen molar-refractivity contribution in [3.05, 3.63) is 45.4 Å².